The largest absolute Gasteiger partial charge is 0.380 e. The van der Waals surface area contributed by atoms with Gasteiger partial charge in [0.05, 0.1) is 6.61 Å². The average Bonchev–Trinajstić information content (AvgIpc) is 2.29. The Morgan fingerprint density at radius 2 is 2.00 bits per heavy atom. The minimum atomic E-state index is 0.691. The molecule has 0 radical (unpaired) electrons. The molecule has 1 aliphatic rings. The Labute approximate surface area is 93.6 Å². The average molecular weight is 209 g/mol. The first-order valence-corrected chi connectivity index (χ1v) is 6.06. The number of hydrogen-bond donors (Lipinski definition) is 1. The van der Waals surface area contributed by atoms with Gasteiger partial charge < -0.3 is 10.5 Å². The highest BCUT2D eigenvalue weighted by molar-refractivity contribution is 4.94. The minimum Gasteiger partial charge on any atom is -0.380 e. The Kier molecular flexibility index (Phi) is 6.47. The lowest BCUT2D eigenvalue weighted by Crippen LogP contribution is -2.30. The van der Waals surface area contributed by atoms with Gasteiger partial charge in [-0.05, 0) is 38.1 Å². The first-order chi connectivity index (χ1) is 7.38. The zero-order valence-corrected chi connectivity index (χ0v) is 9.80. The molecule has 1 aliphatic carbocycles. The van der Waals surface area contributed by atoms with Crippen molar-refractivity contribution in [3.05, 3.63) is 0 Å². The molecule has 0 spiro atoms. The third-order valence-electron chi connectivity index (χ3n) is 3.25. The third kappa shape index (κ3) is 4.68. The first-order valence-electron chi connectivity index (χ1n) is 6.06. The minimum absolute atomic E-state index is 0.691. The molecule has 86 valence electrons. The van der Waals surface area contributed by atoms with Crippen LogP contribution in [0.1, 0.15) is 39.0 Å². The molecule has 15 heavy (non-hydrogen) atoms. The predicted molar refractivity (Wildman–Crippen MR) is 63.4 cm³/mol. The smallest absolute Gasteiger partial charge is 0.0575 e. The maximum atomic E-state index is 5.77. The zero-order valence-electron chi connectivity index (χ0n) is 9.80. The van der Waals surface area contributed by atoms with E-state index in [9.17, 15) is 0 Å². The summed E-state index contributed by atoms with van der Waals surface area (Å²) in [6, 6.07) is 0. The van der Waals surface area contributed by atoms with Crippen molar-refractivity contribution in [3.8, 4) is 11.8 Å². The van der Waals surface area contributed by atoms with E-state index < -0.39 is 0 Å². The lowest BCUT2D eigenvalue weighted by molar-refractivity contribution is 0.0643. The fourth-order valence-electron chi connectivity index (χ4n) is 2.30. The predicted octanol–water partition coefficient (Wildman–Crippen LogP) is 2.18. The molecule has 0 aromatic carbocycles. The summed E-state index contributed by atoms with van der Waals surface area (Å²) in [4.78, 5) is 0. The Morgan fingerprint density at radius 3 is 2.67 bits per heavy atom. The third-order valence-corrected chi connectivity index (χ3v) is 3.25. The maximum absolute atomic E-state index is 5.77. The Morgan fingerprint density at radius 1 is 1.27 bits per heavy atom. The van der Waals surface area contributed by atoms with Crippen molar-refractivity contribution < 1.29 is 4.74 Å². The van der Waals surface area contributed by atoms with E-state index in [0.29, 0.717) is 11.8 Å². The summed E-state index contributed by atoms with van der Waals surface area (Å²) in [6.45, 7) is 4.34. The quantitative estimate of drug-likeness (QED) is 0.556. The van der Waals surface area contributed by atoms with Crippen LogP contribution < -0.4 is 5.73 Å². The maximum Gasteiger partial charge on any atom is 0.0575 e. The molecular weight excluding hydrogens is 186 g/mol. The summed E-state index contributed by atoms with van der Waals surface area (Å²) in [6.07, 6.45) is 6.14. The number of ether oxygens (including phenoxy) is 1. The summed E-state index contributed by atoms with van der Waals surface area (Å²) in [5.41, 5.74) is 5.77. The van der Waals surface area contributed by atoms with Crippen LogP contribution in [0.5, 0.6) is 0 Å². The molecule has 1 saturated carbocycles. The highest BCUT2D eigenvalue weighted by Crippen LogP contribution is 2.29. The summed E-state index contributed by atoms with van der Waals surface area (Å²) in [5.74, 6) is 7.27. The van der Waals surface area contributed by atoms with Crippen LogP contribution in [0.25, 0.3) is 0 Å². The van der Waals surface area contributed by atoms with Crippen LogP contribution in [0.15, 0.2) is 0 Å². The van der Waals surface area contributed by atoms with Gasteiger partial charge in [0.15, 0.2) is 0 Å². The highest BCUT2D eigenvalue weighted by Gasteiger charge is 2.23. The summed E-state index contributed by atoms with van der Waals surface area (Å²) < 4.78 is 5.65. The molecule has 2 nitrogen and oxygen atoms in total. The van der Waals surface area contributed by atoms with Crippen molar-refractivity contribution in [2.24, 2.45) is 17.6 Å². The monoisotopic (exact) mass is 209 g/mol. The van der Waals surface area contributed by atoms with Gasteiger partial charge in [-0.1, -0.05) is 12.8 Å². The van der Waals surface area contributed by atoms with E-state index in [2.05, 4.69) is 11.8 Å². The molecular formula is C13H23NO. The van der Waals surface area contributed by atoms with Crippen LogP contribution in [0, 0.1) is 23.7 Å². The molecule has 0 aromatic heterocycles. The molecule has 2 atom stereocenters. The zero-order chi connectivity index (χ0) is 10.9. The SMILES string of the molecule is CC#CCCOCC1CCCCC1CN. The van der Waals surface area contributed by atoms with Gasteiger partial charge in [0.25, 0.3) is 0 Å². The van der Waals surface area contributed by atoms with E-state index in [4.69, 9.17) is 10.5 Å². The van der Waals surface area contributed by atoms with E-state index in [1.807, 2.05) is 6.92 Å². The number of nitrogens with two attached hydrogens (primary N) is 1. The molecule has 1 fully saturated rings. The fourth-order valence-corrected chi connectivity index (χ4v) is 2.30. The van der Waals surface area contributed by atoms with Crippen molar-refractivity contribution in [3.63, 3.8) is 0 Å². The van der Waals surface area contributed by atoms with Crippen molar-refractivity contribution in [1.29, 1.82) is 0 Å². The molecule has 2 N–H and O–H groups in total. The van der Waals surface area contributed by atoms with Gasteiger partial charge in [-0.25, -0.2) is 0 Å². The normalized spacial score (nSPS) is 25.7. The molecule has 0 saturated heterocycles. The van der Waals surface area contributed by atoms with Crippen LogP contribution >= 0.6 is 0 Å². The molecule has 0 amide bonds. The molecule has 0 heterocycles. The lowest BCUT2D eigenvalue weighted by Gasteiger charge is -2.30. The van der Waals surface area contributed by atoms with E-state index in [1.54, 1.807) is 0 Å². The van der Waals surface area contributed by atoms with Gasteiger partial charge >= 0.3 is 0 Å². The summed E-state index contributed by atoms with van der Waals surface area (Å²) in [7, 11) is 0. The van der Waals surface area contributed by atoms with E-state index in [1.165, 1.54) is 25.7 Å². The second-order valence-electron chi connectivity index (χ2n) is 4.29. The van der Waals surface area contributed by atoms with Crippen molar-refractivity contribution in [2.75, 3.05) is 19.8 Å². The topological polar surface area (TPSA) is 35.2 Å². The standard InChI is InChI=1S/C13H23NO/c1-2-3-6-9-15-11-13-8-5-4-7-12(13)10-14/h12-13H,4-11,14H2,1H3. The molecule has 2 heteroatoms. The van der Waals surface area contributed by atoms with Crippen LogP contribution in [0.3, 0.4) is 0 Å². The second-order valence-corrected chi connectivity index (χ2v) is 4.29. The molecule has 2 unspecified atom stereocenters. The van der Waals surface area contributed by atoms with Gasteiger partial charge in [-0.15, -0.1) is 11.8 Å². The lowest BCUT2D eigenvalue weighted by atomic mass is 9.80. The van der Waals surface area contributed by atoms with Crippen molar-refractivity contribution >= 4 is 0 Å². The van der Waals surface area contributed by atoms with Crippen LogP contribution in [-0.2, 0) is 4.74 Å². The number of hydrogen-bond acceptors (Lipinski definition) is 2. The van der Waals surface area contributed by atoms with E-state index >= 15 is 0 Å². The van der Waals surface area contributed by atoms with Gasteiger partial charge in [-0.3, -0.25) is 0 Å². The Bertz CT molecular complexity index is 216. The molecule has 0 aromatic rings. The van der Waals surface area contributed by atoms with E-state index in [-0.39, 0.29) is 0 Å². The van der Waals surface area contributed by atoms with Crippen LogP contribution in [0.4, 0.5) is 0 Å². The number of rotatable bonds is 5. The molecule has 0 aliphatic heterocycles. The second kappa shape index (κ2) is 7.73. The fraction of sp³-hybridized carbons (Fsp3) is 0.846. The van der Waals surface area contributed by atoms with Crippen LogP contribution in [-0.4, -0.2) is 19.8 Å². The Balaban J connectivity index is 2.14. The van der Waals surface area contributed by atoms with Gasteiger partial charge in [0.1, 0.15) is 0 Å². The van der Waals surface area contributed by atoms with Crippen LogP contribution in [0.2, 0.25) is 0 Å². The van der Waals surface area contributed by atoms with Gasteiger partial charge in [-0.2, -0.15) is 0 Å². The van der Waals surface area contributed by atoms with Gasteiger partial charge in [0, 0.05) is 13.0 Å². The molecule has 1 rings (SSSR count). The van der Waals surface area contributed by atoms with Crippen molar-refractivity contribution in [1.82, 2.24) is 0 Å². The van der Waals surface area contributed by atoms with Gasteiger partial charge in [0.2, 0.25) is 0 Å². The van der Waals surface area contributed by atoms with Crippen molar-refractivity contribution in [2.45, 2.75) is 39.0 Å². The van der Waals surface area contributed by atoms with E-state index in [0.717, 1.165) is 26.2 Å². The Hall–Kier alpha value is -0.520. The highest BCUT2D eigenvalue weighted by atomic mass is 16.5. The summed E-state index contributed by atoms with van der Waals surface area (Å²) in [5, 5.41) is 0. The first kappa shape index (κ1) is 12.5. The summed E-state index contributed by atoms with van der Waals surface area (Å²) >= 11 is 0. The molecule has 0 bridgehead atoms.